The SMILES string of the molecule is CCOc1cc(OCC)c(N=NC(C(C)=O)C(=O)Nc2cc(Cl)cc(OC)c2OC)cc1Cl. The molecule has 0 heterocycles. The van der Waals surface area contributed by atoms with Crippen molar-refractivity contribution in [3.05, 3.63) is 34.3 Å². The van der Waals surface area contributed by atoms with Gasteiger partial charge < -0.3 is 24.3 Å². The zero-order valence-corrected chi connectivity index (χ0v) is 20.4. The molecule has 0 aliphatic rings. The molecule has 1 atom stereocenters. The lowest BCUT2D eigenvalue weighted by atomic mass is 10.2. The number of amides is 1. The Labute approximate surface area is 202 Å². The van der Waals surface area contributed by atoms with E-state index in [4.69, 9.17) is 42.1 Å². The van der Waals surface area contributed by atoms with Crippen LogP contribution in [-0.2, 0) is 9.59 Å². The Kier molecular flexibility index (Phi) is 9.74. The summed E-state index contributed by atoms with van der Waals surface area (Å²) in [5.74, 6) is 0.0589. The van der Waals surface area contributed by atoms with Crippen LogP contribution in [0.4, 0.5) is 11.4 Å². The van der Waals surface area contributed by atoms with Crippen molar-refractivity contribution < 1.29 is 28.5 Å². The Morgan fingerprint density at radius 1 is 0.970 bits per heavy atom. The molecule has 0 aliphatic heterocycles. The van der Waals surface area contributed by atoms with Gasteiger partial charge in [0.2, 0.25) is 6.04 Å². The number of hydrogen-bond donors (Lipinski definition) is 1. The molecule has 1 unspecified atom stereocenters. The van der Waals surface area contributed by atoms with Crippen molar-refractivity contribution in [3.63, 3.8) is 0 Å². The predicted molar refractivity (Wildman–Crippen MR) is 126 cm³/mol. The minimum atomic E-state index is -1.44. The van der Waals surface area contributed by atoms with Crippen LogP contribution in [0.5, 0.6) is 23.0 Å². The summed E-state index contributed by atoms with van der Waals surface area (Å²) >= 11 is 12.3. The molecule has 11 heteroatoms. The molecule has 178 valence electrons. The number of ether oxygens (including phenoxy) is 4. The second-order valence-corrected chi connectivity index (χ2v) is 7.37. The number of benzene rings is 2. The van der Waals surface area contributed by atoms with Crippen molar-refractivity contribution in [1.82, 2.24) is 0 Å². The third-order valence-corrected chi connectivity index (χ3v) is 4.74. The van der Waals surface area contributed by atoms with Gasteiger partial charge in [0.15, 0.2) is 23.0 Å². The standard InChI is InChI=1S/C22H25Cl2N3O6/c1-6-32-17-11-18(33-7-2)15(10-14(17)24)26-27-20(12(3)28)22(29)25-16-8-13(23)9-19(30-4)21(16)31-5/h8-11,20H,6-7H2,1-5H3,(H,25,29). The summed E-state index contributed by atoms with van der Waals surface area (Å²) in [7, 11) is 2.85. The Morgan fingerprint density at radius 2 is 1.64 bits per heavy atom. The fourth-order valence-corrected chi connectivity index (χ4v) is 3.22. The zero-order valence-electron chi connectivity index (χ0n) is 18.9. The van der Waals surface area contributed by atoms with Crippen molar-refractivity contribution in [1.29, 1.82) is 0 Å². The fraction of sp³-hybridized carbons (Fsp3) is 0.364. The van der Waals surface area contributed by atoms with Gasteiger partial charge in [-0.25, -0.2) is 0 Å². The number of Topliss-reactive ketones (excluding diaryl/α,β-unsaturated/α-hetero) is 1. The Balaban J connectivity index is 2.37. The van der Waals surface area contributed by atoms with Gasteiger partial charge >= 0.3 is 0 Å². The van der Waals surface area contributed by atoms with Crippen LogP contribution in [0.2, 0.25) is 10.0 Å². The first kappa shape index (κ1) is 26.2. The summed E-state index contributed by atoms with van der Waals surface area (Å²) in [6.07, 6.45) is 0. The molecule has 2 aromatic rings. The Bertz CT molecular complexity index is 1050. The van der Waals surface area contributed by atoms with E-state index in [2.05, 4.69) is 15.5 Å². The summed E-state index contributed by atoms with van der Waals surface area (Å²) in [6, 6.07) is 4.62. The molecule has 33 heavy (non-hydrogen) atoms. The molecule has 2 aromatic carbocycles. The van der Waals surface area contributed by atoms with Crippen LogP contribution in [0.25, 0.3) is 0 Å². The number of ketones is 1. The maximum atomic E-state index is 12.9. The van der Waals surface area contributed by atoms with Gasteiger partial charge in [0.05, 0.1) is 38.1 Å². The average molecular weight is 498 g/mol. The molecule has 9 nitrogen and oxygen atoms in total. The molecule has 0 bridgehead atoms. The van der Waals surface area contributed by atoms with E-state index in [1.54, 1.807) is 13.0 Å². The molecule has 0 spiro atoms. The highest BCUT2D eigenvalue weighted by Crippen LogP contribution is 2.39. The molecule has 0 saturated heterocycles. The number of azo groups is 1. The van der Waals surface area contributed by atoms with Crippen LogP contribution in [0.3, 0.4) is 0 Å². The van der Waals surface area contributed by atoms with Crippen molar-refractivity contribution >= 4 is 46.3 Å². The second kappa shape index (κ2) is 12.3. The minimum absolute atomic E-state index is 0.215. The molecular formula is C22H25Cl2N3O6. The van der Waals surface area contributed by atoms with Crippen molar-refractivity contribution in [3.8, 4) is 23.0 Å². The first-order valence-electron chi connectivity index (χ1n) is 9.98. The van der Waals surface area contributed by atoms with E-state index < -0.39 is 17.7 Å². The zero-order chi connectivity index (χ0) is 24.5. The summed E-state index contributed by atoms with van der Waals surface area (Å²) < 4.78 is 21.6. The first-order valence-corrected chi connectivity index (χ1v) is 10.7. The largest absolute Gasteiger partial charge is 0.493 e. The maximum absolute atomic E-state index is 12.9. The average Bonchev–Trinajstić information content (AvgIpc) is 2.76. The van der Waals surface area contributed by atoms with E-state index in [9.17, 15) is 9.59 Å². The lowest BCUT2D eigenvalue weighted by Crippen LogP contribution is -2.32. The number of anilines is 1. The van der Waals surface area contributed by atoms with Crippen molar-refractivity contribution in [2.24, 2.45) is 10.2 Å². The van der Waals surface area contributed by atoms with Crippen LogP contribution in [0, 0.1) is 0 Å². The second-order valence-electron chi connectivity index (χ2n) is 6.52. The highest BCUT2D eigenvalue weighted by atomic mass is 35.5. The normalized spacial score (nSPS) is 11.7. The van der Waals surface area contributed by atoms with Crippen LogP contribution < -0.4 is 24.3 Å². The molecule has 1 amide bonds. The van der Waals surface area contributed by atoms with E-state index in [0.717, 1.165) is 0 Å². The van der Waals surface area contributed by atoms with E-state index in [1.165, 1.54) is 39.3 Å². The number of rotatable bonds is 11. The molecule has 0 aromatic heterocycles. The quantitative estimate of drug-likeness (QED) is 0.324. The Hall–Kier alpha value is -3.04. The number of halogens is 2. The van der Waals surface area contributed by atoms with Gasteiger partial charge in [0.1, 0.15) is 11.4 Å². The predicted octanol–water partition coefficient (Wildman–Crippen LogP) is 5.49. The van der Waals surface area contributed by atoms with Crippen LogP contribution in [0.1, 0.15) is 20.8 Å². The minimum Gasteiger partial charge on any atom is -0.493 e. The number of carbonyl (C=O) groups excluding carboxylic acids is 2. The highest BCUT2D eigenvalue weighted by Gasteiger charge is 2.25. The highest BCUT2D eigenvalue weighted by molar-refractivity contribution is 6.32. The summed E-state index contributed by atoms with van der Waals surface area (Å²) in [5, 5.41) is 11.2. The van der Waals surface area contributed by atoms with Gasteiger partial charge in [-0.15, -0.1) is 0 Å². The number of nitrogens with one attached hydrogen (secondary N) is 1. The molecule has 1 N–H and O–H groups in total. The van der Waals surface area contributed by atoms with E-state index in [1.807, 2.05) is 6.92 Å². The molecule has 0 fully saturated rings. The van der Waals surface area contributed by atoms with Gasteiger partial charge in [-0.1, -0.05) is 23.2 Å². The molecule has 0 aliphatic carbocycles. The summed E-state index contributed by atoms with van der Waals surface area (Å²) in [6.45, 7) is 5.62. The first-order chi connectivity index (χ1) is 15.7. The Morgan fingerprint density at radius 3 is 2.21 bits per heavy atom. The third-order valence-electron chi connectivity index (χ3n) is 4.23. The summed E-state index contributed by atoms with van der Waals surface area (Å²) in [4.78, 5) is 25.1. The topological polar surface area (TPSA) is 108 Å². The number of nitrogens with zero attached hydrogens (tertiary/aromatic N) is 2. The van der Waals surface area contributed by atoms with Crippen molar-refractivity contribution in [2.75, 3.05) is 32.8 Å². The molecule has 0 radical (unpaired) electrons. The number of carbonyl (C=O) groups is 2. The molecular weight excluding hydrogens is 473 g/mol. The van der Waals surface area contributed by atoms with Crippen LogP contribution in [0.15, 0.2) is 34.5 Å². The lowest BCUT2D eigenvalue weighted by molar-refractivity contribution is -0.126. The summed E-state index contributed by atoms with van der Waals surface area (Å²) in [5.41, 5.74) is 0.457. The van der Waals surface area contributed by atoms with Gasteiger partial charge in [-0.05, 0) is 32.9 Å². The van der Waals surface area contributed by atoms with Gasteiger partial charge in [-0.2, -0.15) is 10.2 Å². The lowest BCUT2D eigenvalue weighted by Gasteiger charge is -2.16. The van der Waals surface area contributed by atoms with Crippen LogP contribution >= 0.6 is 23.2 Å². The van der Waals surface area contributed by atoms with Gasteiger partial charge in [0.25, 0.3) is 5.91 Å². The van der Waals surface area contributed by atoms with E-state index >= 15 is 0 Å². The number of hydrogen-bond acceptors (Lipinski definition) is 8. The van der Waals surface area contributed by atoms with Gasteiger partial charge in [-0.3, -0.25) is 9.59 Å². The molecule has 0 saturated carbocycles. The number of methoxy groups -OCH3 is 2. The third kappa shape index (κ3) is 6.72. The van der Waals surface area contributed by atoms with Crippen molar-refractivity contribution in [2.45, 2.75) is 26.8 Å². The molecule has 2 rings (SSSR count). The monoisotopic (exact) mass is 497 g/mol. The maximum Gasteiger partial charge on any atom is 0.258 e. The van der Waals surface area contributed by atoms with E-state index in [-0.39, 0.29) is 22.1 Å². The van der Waals surface area contributed by atoms with Crippen LogP contribution in [-0.4, -0.2) is 45.2 Å². The fourth-order valence-electron chi connectivity index (χ4n) is 2.80. The smallest absolute Gasteiger partial charge is 0.258 e. The van der Waals surface area contributed by atoms with Gasteiger partial charge in [0, 0.05) is 17.2 Å². The van der Waals surface area contributed by atoms with E-state index in [0.29, 0.717) is 35.5 Å².